The van der Waals surface area contributed by atoms with E-state index >= 15 is 0 Å². The Kier molecular flexibility index (Phi) is 7.76. The summed E-state index contributed by atoms with van der Waals surface area (Å²) in [4.78, 5) is 8.11. The fraction of sp³-hybridized carbons (Fsp3) is 0.450. The SMILES string of the molecule is CCNC(=NCc1cc(F)ccc1F)NCC(c1cccs1)N1CCOCC1. The molecule has 2 N–H and O–H groups in total. The van der Waals surface area contributed by atoms with Crippen molar-refractivity contribution >= 4 is 17.3 Å². The van der Waals surface area contributed by atoms with E-state index in [1.165, 1.54) is 10.9 Å². The molecule has 3 rings (SSSR count). The van der Waals surface area contributed by atoms with Crippen molar-refractivity contribution in [3.8, 4) is 0 Å². The van der Waals surface area contributed by atoms with Crippen LogP contribution >= 0.6 is 11.3 Å². The smallest absolute Gasteiger partial charge is 0.191 e. The summed E-state index contributed by atoms with van der Waals surface area (Å²) in [5.41, 5.74) is 0.236. The summed E-state index contributed by atoms with van der Waals surface area (Å²) in [6, 6.07) is 7.83. The van der Waals surface area contributed by atoms with E-state index in [0.717, 1.165) is 38.4 Å². The van der Waals surface area contributed by atoms with Crippen molar-refractivity contribution < 1.29 is 13.5 Å². The van der Waals surface area contributed by atoms with Gasteiger partial charge < -0.3 is 15.4 Å². The lowest BCUT2D eigenvalue weighted by atomic mass is 10.2. The second-order valence-electron chi connectivity index (χ2n) is 6.49. The molecule has 2 aromatic rings. The van der Waals surface area contributed by atoms with Crippen LogP contribution in [0.2, 0.25) is 0 Å². The van der Waals surface area contributed by atoms with Gasteiger partial charge in [-0.3, -0.25) is 4.90 Å². The molecule has 1 unspecified atom stereocenters. The third kappa shape index (κ3) is 5.73. The van der Waals surface area contributed by atoms with Gasteiger partial charge in [-0.05, 0) is 36.6 Å². The summed E-state index contributed by atoms with van der Waals surface area (Å²) in [6.45, 7) is 6.61. The van der Waals surface area contributed by atoms with Crippen LogP contribution in [0.5, 0.6) is 0 Å². The predicted molar refractivity (Wildman–Crippen MR) is 109 cm³/mol. The summed E-state index contributed by atoms with van der Waals surface area (Å²) < 4.78 is 32.7. The first-order valence-corrected chi connectivity index (χ1v) is 10.4. The van der Waals surface area contributed by atoms with Crippen molar-refractivity contribution in [2.24, 2.45) is 4.99 Å². The monoisotopic (exact) mass is 408 g/mol. The Balaban J connectivity index is 1.68. The van der Waals surface area contributed by atoms with E-state index < -0.39 is 11.6 Å². The van der Waals surface area contributed by atoms with Crippen LogP contribution in [-0.4, -0.2) is 50.3 Å². The van der Waals surface area contributed by atoms with Gasteiger partial charge in [0.2, 0.25) is 0 Å². The molecule has 1 saturated heterocycles. The van der Waals surface area contributed by atoms with E-state index in [-0.39, 0.29) is 18.2 Å². The topological polar surface area (TPSA) is 48.9 Å². The Hall–Kier alpha value is -2.03. The van der Waals surface area contributed by atoms with Gasteiger partial charge in [0.1, 0.15) is 11.6 Å². The molecule has 1 aliphatic heterocycles. The van der Waals surface area contributed by atoms with Crippen LogP contribution in [0.15, 0.2) is 40.7 Å². The maximum atomic E-state index is 13.9. The summed E-state index contributed by atoms with van der Waals surface area (Å²) >= 11 is 1.73. The predicted octanol–water partition coefficient (Wildman–Crippen LogP) is 3.15. The van der Waals surface area contributed by atoms with E-state index in [1.54, 1.807) is 11.3 Å². The fourth-order valence-electron chi connectivity index (χ4n) is 3.14. The van der Waals surface area contributed by atoms with Crippen LogP contribution in [0.1, 0.15) is 23.4 Å². The second kappa shape index (κ2) is 10.5. The molecule has 0 amide bonds. The summed E-state index contributed by atoms with van der Waals surface area (Å²) in [5.74, 6) is -0.332. The molecule has 1 aliphatic rings. The molecular formula is C20H26F2N4OS. The summed E-state index contributed by atoms with van der Waals surface area (Å²) in [6.07, 6.45) is 0. The number of benzene rings is 1. The van der Waals surface area contributed by atoms with E-state index in [9.17, 15) is 8.78 Å². The molecule has 8 heteroatoms. The standard InChI is InChI=1S/C20H26F2N4OS/c1-2-23-20(24-13-15-12-16(21)5-6-17(15)22)25-14-18(19-4-3-11-28-19)26-7-9-27-10-8-26/h3-6,11-12,18H,2,7-10,13-14H2,1H3,(H2,23,24,25). The molecule has 0 bridgehead atoms. The first-order chi connectivity index (χ1) is 13.7. The molecule has 5 nitrogen and oxygen atoms in total. The highest BCUT2D eigenvalue weighted by Crippen LogP contribution is 2.25. The number of nitrogens with zero attached hydrogens (tertiary/aromatic N) is 2. The average Bonchev–Trinajstić information content (AvgIpc) is 3.24. The second-order valence-corrected chi connectivity index (χ2v) is 7.47. The van der Waals surface area contributed by atoms with E-state index in [1.807, 2.05) is 6.92 Å². The highest BCUT2D eigenvalue weighted by Gasteiger charge is 2.23. The van der Waals surface area contributed by atoms with Gasteiger partial charge >= 0.3 is 0 Å². The van der Waals surface area contributed by atoms with E-state index in [4.69, 9.17) is 4.74 Å². The zero-order valence-corrected chi connectivity index (χ0v) is 16.8. The third-order valence-electron chi connectivity index (χ3n) is 4.58. The van der Waals surface area contributed by atoms with Crippen LogP contribution in [0.25, 0.3) is 0 Å². The lowest BCUT2D eigenvalue weighted by Gasteiger charge is -2.34. The van der Waals surface area contributed by atoms with Crippen LogP contribution in [0.3, 0.4) is 0 Å². The molecule has 1 fully saturated rings. The van der Waals surface area contributed by atoms with Gasteiger partial charge in [-0.1, -0.05) is 6.07 Å². The number of morpholine rings is 1. The van der Waals surface area contributed by atoms with Gasteiger partial charge in [-0.15, -0.1) is 11.3 Å². The van der Waals surface area contributed by atoms with Crippen LogP contribution in [0.4, 0.5) is 8.78 Å². The van der Waals surface area contributed by atoms with Gasteiger partial charge in [-0.25, -0.2) is 13.8 Å². The van der Waals surface area contributed by atoms with Crippen LogP contribution < -0.4 is 10.6 Å². The first-order valence-electron chi connectivity index (χ1n) is 9.48. The Morgan fingerprint density at radius 1 is 1.25 bits per heavy atom. The van der Waals surface area contributed by atoms with Crippen molar-refractivity contribution in [1.82, 2.24) is 15.5 Å². The van der Waals surface area contributed by atoms with E-state index in [2.05, 4.69) is 38.0 Å². The van der Waals surface area contributed by atoms with Crippen molar-refractivity contribution in [3.63, 3.8) is 0 Å². The zero-order valence-electron chi connectivity index (χ0n) is 16.0. The minimum Gasteiger partial charge on any atom is -0.379 e. The summed E-state index contributed by atoms with van der Waals surface area (Å²) in [7, 11) is 0. The van der Waals surface area contributed by atoms with Crippen LogP contribution in [0, 0.1) is 11.6 Å². The van der Waals surface area contributed by atoms with Gasteiger partial charge in [0, 0.05) is 36.6 Å². The molecule has 2 heterocycles. The number of hydrogen-bond acceptors (Lipinski definition) is 4. The number of ether oxygens (including phenoxy) is 1. The van der Waals surface area contributed by atoms with Gasteiger partial charge in [0.25, 0.3) is 0 Å². The maximum absolute atomic E-state index is 13.9. The number of aliphatic imine (C=N–C) groups is 1. The number of halogens is 2. The molecule has 28 heavy (non-hydrogen) atoms. The minimum atomic E-state index is -0.463. The average molecular weight is 409 g/mol. The minimum absolute atomic E-state index is 0.0696. The van der Waals surface area contributed by atoms with Gasteiger partial charge in [-0.2, -0.15) is 0 Å². The highest BCUT2D eigenvalue weighted by molar-refractivity contribution is 7.10. The Morgan fingerprint density at radius 3 is 2.79 bits per heavy atom. The Bertz CT molecular complexity index is 764. The Morgan fingerprint density at radius 2 is 2.07 bits per heavy atom. The Labute approximate surface area is 168 Å². The zero-order chi connectivity index (χ0) is 19.8. The molecule has 0 saturated carbocycles. The molecule has 0 aliphatic carbocycles. The number of nitrogens with one attached hydrogen (secondary N) is 2. The highest BCUT2D eigenvalue weighted by atomic mass is 32.1. The fourth-order valence-corrected chi connectivity index (χ4v) is 4.00. The van der Waals surface area contributed by atoms with Crippen molar-refractivity contribution in [2.45, 2.75) is 19.5 Å². The third-order valence-corrected chi connectivity index (χ3v) is 5.55. The van der Waals surface area contributed by atoms with Gasteiger partial charge in [0.05, 0.1) is 25.8 Å². The van der Waals surface area contributed by atoms with Gasteiger partial charge in [0.15, 0.2) is 5.96 Å². The number of thiophene rings is 1. The first kappa shape index (κ1) is 20.7. The van der Waals surface area contributed by atoms with Crippen molar-refractivity contribution in [3.05, 3.63) is 57.8 Å². The number of rotatable bonds is 7. The summed E-state index contributed by atoms with van der Waals surface area (Å²) in [5, 5.41) is 8.61. The normalized spacial score (nSPS) is 16.8. The molecule has 1 atom stereocenters. The molecule has 0 spiro atoms. The van der Waals surface area contributed by atoms with Crippen molar-refractivity contribution in [2.75, 3.05) is 39.4 Å². The largest absolute Gasteiger partial charge is 0.379 e. The van der Waals surface area contributed by atoms with Crippen molar-refractivity contribution in [1.29, 1.82) is 0 Å². The number of hydrogen-bond donors (Lipinski definition) is 2. The van der Waals surface area contributed by atoms with Crippen LogP contribution in [-0.2, 0) is 11.3 Å². The quantitative estimate of drug-likeness (QED) is 0.546. The molecule has 152 valence electrons. The lowest BCUT2D eigenvalue weighted by Crippen LogP contribution is -2.46. The molecule has 1 aromatic carbocycles. The lowest BCUT2D eigenvalue weighted by molar-refractivity contribution is 0.0177. The molecule has 0 radical (unpaired) electrons. The van der Waals surface area contributed by atoms with E-state index in [0.29, 0.717) is 19.0 Å². The maximum Gasteiger partial charge on any atom is 0.191 e. The number of guanidine groups is 1. The molecular weight excluding hydrogens is 382 g/mol. The molecule has 1 aromatic heterocycles.